The Morgan fingerprint density at radius 1 is 1.18 bits per heavy atom. The maximum Gasteiger partial charge on any atom is 0.331 e. The molecule has 2 N–H and O–H groups in total. The average Bonchev–Trinajstić information content (AvgIpc) is 2.13. The summed E-state index contributed by atoms with van der Waals surface area (Å²) in [7, 11) is 0. The molecule has 6 heteroatoms. The number of carboxylic acid groups (broad SMARTS) is 1. The molecule has 0 aromatic heterocycles. The number of carbonyl (C=O) groups excluding carboxylic acids is 1. The minimum absolute atomic E-state index is 0.221. The molecule has 0 spiro atoms. The van der Waals surface area contributed by atoms with Crippen LogP contribution < -0.4 is 0 Å². The summed E-state index contributed by atoms with van der Waals surface area (Å²) in [6.07, 6.45) is 1.40. The first kappa shape index (κ1) is 18.0. The summed E-state index contributed by atoms with van der Waals surface area (Å²) >= 11 is 0. The van der Waals surface area contributed by atoms with Gasteiger partial charge >= 0.3 is 11.9 Å². The molecular weight excluding hydrogens is 228 g/mol. The Kier molecular flexibility index (Phi) is 9.22. The highest BCUT2D eigenvalue weighted by atomic mass is 17.1. The molecule has 17 heavy (non-hydrogen) atoms. The van der Waals surface area contributed by atoms with Crippen molar-refractivity contribution in [2.45, 2.75) is 46.3 Å². The van der Waals surface area contributed by atoms with Crippen LogP contribution in [0.2, 0.25) is 0 Å². The minimum atomic E-state index is -1.16. The lowest BCUT2D eigenvalue weighted by Crippen LogP contribution is -2.15. The maximum absolute atomic E-state index is 10.6. The molecule has 0 atom stereocenters. The van der Waals surface area contributed by atoms with E-state index in [1.165, 1.54) is 0 Å². The fourth-order valence-electron chi connectivity index (χ4n) is 0.411. The third-order valence-corrected chi connectivity index (χ3v) is 0.988. The number of carbonyl (C=O) groups is 2. The van der Waals surface area contributed by atoms with Crippen molar-refractivity contribution in [2.75, 3.05) is 0 Å². The second-order valence-electron chi connectivity index (χ2n) is 4.36. The van der Waals surface area contributed by atoms with Crippen LogP contribution in [0.3, 0.4) is 0 Å². The summed E-state index contributed by atoms with van der Waals surface area (Å²) in [6.45, 7) is 8.69. The molecule has 0 aliphatic heterocycles. The summed E-state index contributed by atoms with van der Waals surface area (Å²) < 4.78 is 4.61. The first-order valence-corrected chi connectivity index (χ1v) is 5.02. The molecule has 0 aliphatic carbocycles. The molecule has 0 radical (unpaired) electrons. The highest BCUT2D eigenvalue weighted by Crippen LogP contribution is 2.01. The molecule has 0 saturated carbocycles. The number of carboxylic acids is 1. The lowest BCUT2D eigenvalue weighted by Gasteiger charge is -2.10. The van der Waals surface area contributed by atoms with Gasteiger partial charge in [-0.15, -0.1) is 0 Å². The summed E-state index contributed by atoms with van der Waals surface area (Å²) in [5.41, 5.74) is -0.403. The van der Waals surface area contributed by atoms with Gasteiger partial charge in [0, 0.05) is 12.2 Å². The van der Waals surface area contributed by atoms with E-state index in [1.54, 1.807) is 34.6 Å². The van der Waals surface area contributed by atoms with Crippen molar-refractivity contribution in [2.24, 2.45) is 0 Å². The molecule has 0 aromatic carbocycles. The van der Waals surface area contributed by atoms with Crippen LogP contribution in [0.1, 0.15) is 34.6 Å². The first-order chi connectivity index (χ1) is 7.58. The van der Waals surface area contributed by atoms with Gasteiger partial charge in [0.15, 0.2) is 0 Å². The van der Waals surface area contributed by atoms with E-state index >= 15 is 0 Å². The van der Waals surface area contributed by atoms with Crippen LogP contribution in [0.4, 0.5) is 0 Å². The van der Waals surface area contributed by atoms with E-state index < -0.39 is 17.5 Å². The third kappa shape index (κ3) is 20.6. The van der Waals surface area contributed by atoms with Gasteiger partial charge in [0.05, 0.1) is 11.7 Å². The van der Waals surface area contributed by atoms with E-state index in [-0.39, 0.29) is 6.10 Å². The number of rotatable bonds is 3. The van der Waals surface area contributed by atoms with Gasteiger partial charge in [0.2, 0.25) is 0 Å². The van der Waals surface area contributed by atoms with Gasteiger partial charge in [0.25, 0.3) is 0 Å². The molecule has 0 saturated heterocycles. The van der Waals surface area contributed by atoms with Crippen LogP contribution in [-0.2, 0) is 19.2 Å². The van der Waals surface area contributed by atoms with Crippen LogP contribution >= 0.6 is 0 Å². The molecule has 0 heterocycles. The fraction of sp³-hybridized carbons (Fsp3) is 0.636. The van der Waals surface area contributed by atoms with E-state index in [0.717, 1.165) is 12.2 Å². The number of esters is 1. The minimum Gasteiger partial charge on any atom is -0.478 e. The Hall–Kier alpha value is -1.40. The van der Waals surface area contributed by atoms with Crippen LogP contribution in [0.5, 0.6) is 0 Å². The molecule has 0 bridgehead atoms. The topological polar surface area (TPSA) is 93.1 Å². The zero-order valence-corrected chi connectivity index (χ0v) is 10.8. The Morgan fingerprint density at radius 3 is 1.82 bits per heavy atom. The van der Waals surface area contributed by atoms with Gasteiger partial charge in [-0.1, -0.05) is 0 Å². The summed E-state index contributed by atoms with van der Waals surface area (Å²) in [4.78, 5) is 24.4. The summed E-state index contributed by atoms with van der Waals surface area (Å²) in [5.74, 6) is -1.80. The molecule has 0 unspecified atom stereocenters. The van der Waals surface area contributed by atoms with E-state index in [1.807, 2.05) is 0 Å². The van der Waals surface area contributed by atoms with Crippen LogP contribution in [0, 0.1) is 0 Å². The van der Waals surface area contributed by atoms with Crippen molar-refractivity contribution >= 4 is 11.9 Å². The van der Waals surface area contributed by atoms with E-state index in [2.05, 4.69) is 9.62 Å². The summed E-state index contributed by atoms with van der Waals surface area (Å²) in [5, 5.41) is 16.0. The molecule has 0 amide bonds. The monoisotopic (exact) mass is 248 g/mol. The zero-order chi connectivity index (χ0) is 14.1. The lowest BCUT2D eigenvalue weighted by atomic mass is 10.2. The Labute approximate surface area is 101 Å². The Morgan fingerprint density at radius 2 is 1.59 bits per heavy atom. The number of hydrogen-bond acceptors (Lipinski definition) is 5. The van der Waals surface area contributed by atoms with Gasteiger partial charge < -0.3 is 9.84 Å². The Balaban J connectivity index is 0. The van der Waals surface area contributed by atoms with E-state index in [0.29, 0.717) is 0 Å². The lowest BCUT2D eigenvalue weighted by molar-refractivity contribution is -0.306. The SMILES string of the molecule is CC(C)(C)OO.CC(C)OC(=O)/C=C/C(=O)O. The second kappa shape index (κ2) is 8.72. The van der Waals surface area contributed by atoms with Crippen LogP contribution in [0.25, 0.3) is 0 Å². The van der Waals surface area contributed by atoms with Crippen LogP contribution in [0.15, 0.2) is 12.2 Å². The predicted molar refractivity (Wildman–Crippen MR) is 61.5 cm³/mol. The van der Waals surface area contributed by atoms with Crippen molar-refractivity contribution in [1.29, 1.82) is 0 Å². The van der Waals surface area contributed by atoms with Gasteiger partial charge in [-0.3, -0.25) is 5.26 Å². The molecular formula is C11H20O6. The number of hydrogen-bond donors (Lipinski definition) is 2. The van der Waals surface area contributed by atoms with E-state index in [4.69, 9.17) is 10.4 Å². The van der Waals surface area contributed by atoms with Crippen molar-refractivity contribution in [3.63, 3.8) is 0 Å². The van der Waals surface area contributed by atoms with Crippen molar-refractivity contribution in [3.8, 4) is 0 Å². The third-order valence-electron chi connectivity index (χ3n) is 0.988. The highest BCUT2D eigenvalue weighted by Gasteiger charge is 2.07. The van der Waals surface area contributed by atoms with Crippen molar-refractivity contribution < 1.29 is 29.6 Å². The van der Waals surface area contributed by atoms with Gasteiger partial charge in [-0.25, -0.2) is 14.5 Å². The largest absolute Gasteiger partial charge is 0.478 e. The second-order valence-corrected chi connectivity index (χ2v) is 4.36. The summed E-state index contributed by atoms with van der Waals surface area (Å²) in [6, 6.07) is 0. The Bertz CT molecular complexity index is 262. The molecule has 100 valence electrons. The number of aliphatic carboxylic acids is 1. The van der Waals surface area contributed by atoms with Crippen molar-refractivity contribution in [1.82, 2.24) is 0 Å². The highest BCUT2D eigenvalue weighted by molar-refractivity contribution is 5.90. The number of ether oxygens (including phenoxy) is 1. The molecule has 6 nitrogen and oxygen atoms in total. The molecule has 0 fully saturated rings. The normalized spacial score (nSPS) is 11.0. The molecule has 0 aliphatic rings. The quantitative estimate of drug-likeness (QED) is 0.342. The van der Waals surface area contributed by atoms with E-state index in [9.17, 15) is 9.59 Å². The van der Waals surface area contributed by atoms with Gasteiger partial charge in [-0.2, -0.15) is 0 Å². The van der Waals surface area contributed by atoms with Gasteiger partial charge in [0.1, 0.15) is 0 Å². The molecule has 0 aromatic rings. The predicted octanol–water partition coefficient (Wildman–Crippen LogP) is 1.85. The maximum atomic E-state index is 10.6. The standard InChI is InChI=1S/C7H10O4.C4H10O2/c1-5(2)11-7(10)4-3-6(8)9;1-4(2,3)6-5/h3-5H,1-2H3,(H,8,9);5H,1-3H3/b4-3+;. The zero-order valence-electron chi connectivity index (χ0n) is 10.8. The van der Waals surface area contributed by atoms with Crippen molar-refractivity contribution in [3.05, 3.63) is 12.2 Å². The molecule has 0 rings (SSSR count). The van der Waals surface area contributed by atoms with Crippen LogP contribution in [-0.4, -0.2) is 34.0 Å². The first-order valence-electron chi connectivity index (χ1n) is 5.02. The average molecular weight is 248 g/mol. The van der Waals surface area contributed by atoms with Gasteiger partial charge in [-0.05, 0) is 34.6 Å². The fourth-order valence-corrected chi connectivity index (χ4v) is 0.411. The smallest absolute Gasteiger partial charge is 0.331 e.